The third-order valence-electron chi connectivity index (χ3n) is 5.75. The van der Waals surface area contributed by atoms with E-state index in [1.54, 1.807) is 7.11 Å². The van der Waals surface area contributed by atoms with Crippen LogP contribution in [0.1, 0.15) is 63.9 Å². The van der Waals surface area contributed by atoms with E-state index in [1.807, 2.05) is 6.07 Å². The minimum absolute atomic E-state index is 0.312. The van der Waals surface area contributed by atoms with Gasteiger partial charge in [-0.05, 0) is 48.8 Å². The SMILES string of the molecule is CCCCCC(=O)N1CC(C)C(c2ccc(OC)c(OCC3CC3)c2)C1. The zero-order valence-electron chi connectivity index (χ0n) is 16.5. The number of nitrogens with zero attached hydrogens (tertiary/aromatic N) is 1. The lowest BCUT2D eigenvalue weighted by Crippen LogP contribution is -2.28. The first-order valence-electron chi connectivity index (χ1n) is 10.2. The van der Waals surface area contributed by atoms with Gasteiger partial charge in [0.25, 0.3) is 0 Å². The molecule has 1 amide bonds. The second-order valence-corrected chi connectivity index (χ2v) is 8.00. The molecular formula is C22H33NO3. The van der Waals surface area contributed by atoms with Crippen LogP contribution in [-0.2, 0) is 4.79 Å². The molecule has 26 heavy (non-hydrogen) atoms. The number of carbonyl (C=O) groups excluding carboxylic acids is 1. The summed E-state index contributed by atoms with van der Waals surface area (Å²) >= 11 is 0. The Morgan fingerprint density at radius 2 is 2.00 bits per heavy atom. The van der Waals surface area contributed by atoms with Gasteiger partial charge in [0.1, 0.15) is 0 Å². The van der Waals surface area contributed by atoms with Crippen LogP contribution in [0.15, 0.2) is 18.2 Å². The van der Waals surface area contributed by atoms with Crippen molar-refractivity contribution >= 4 is 5.91 Å². The maximum Gasteiger partial charge on any atom is 0.222 e. The minimum Gasteiger partial charge on any atom is -0.493 e. The van der Waals surface area contributed by atoms with E-state index in [1.165, 1.54) is 18.4 Å². The van der Waals surface area contributed by atoms with Gasteiger partial charge in [-0.25, -0.2) is 0 Å². The van der Waals surface area contributed by atoms with Crippen molar-refractivity contribution in [1.82, 2.24) is 4.90 Å². The van der Waals surface area contributed by atoms with E-state index >= 15 is 0 Å². The summed E-state index contributed by atoms with van der Waals surface area (Å²) < 4.78 is 11.5. The van der Waals surface area contributed by atoms with Gasteiger partial charge in [-0.15, -0.1) is 0 Å². The Bertz CT molecular complexity index is 611. The van der Waals surface area contributed by atoms with Crippen LogP contribution in [-0.4, -0.2) is 37.6 Å². The highest BCUT2D eigenvalue weighted by atomic mass is 16.5. The van der Waals surface area contributed by atoms with E-state index in [-0.39, 0.29) is 0 Å². The van der Waals surface area contributed by atoms with Crippen molar-refractivity contribution in [3.05, 3.63) is 23.8 Å². The van der Waals surface area contributed by atoms with Gasteiger partial charge in [-0.2, -0.15) is 0 Å². The number of unbranched alkanes of at least 4 members (excludes halogenated alkanes) is 2. The van der Waals surface area contributed by atoms with Gasteiger partial charge in [0, 0.05) is 25.4 Å². The predicted molar refractivity (Wildman–Crippen MR) is 104 cm³/mol. The molecule has 4 nitrogen and oxygen atoms in total. The molecule has 2 fully saturated rings. The summed E-state index contributed by atoms with van der Waals surface area (Å²) in [6.45, 7) is 6.88. The summed E-state index contributed by atoms with van der Waals surface area (Å²) in [6, 6.07) is 6.28. The van der Waals surface area contributed by atoms with Gasteiger partial charge < -0.3 is 14.4 Å². The van der Waals surface area contributed by atoms with Crippen LogP contribution in [0.3, 0.4) is 0 Å². The Morgan fingerprint density at radius 3 is 2.69 bits per heavy atom. The van der Waals surface area contributed by atoms with Crippen molar-refractivity contribution in [2.45, 2.75) is 58.3 Å². The Labute approximate surface area is 157 Å². The number of amides is 1. The molecule has 1 heterocycles. The molecule has 0 bridgehead atoms. The lowest BCUT2D eigenvalue weighted by atomic mass is 9.90. The third-order valence-corrected chi connectivity index (χ3v) is 5.75. The molecule has 1 aliphatic heterocycles. The zero-order valence-corrected chi connectivity index (χ0v) is 16.5. The molecule has 1 saturated carbocycles. The molecule has 0 radical (unpaired) electrons. The molecule has 1 aliphatic carbocycles. The second-order valence-electron chi connectivity index (χ2n) is 8.00. The quantitative estimate of drug-likeness (QED) is 0.604. The van der Waals surface area contributed by atoms with Gasteiger partial charge in [0.2, 0.25) is 5.91 Å². The standard InChI is InChI=1S/C22H33NO3/c1-4-5-6-7-22(24)23-13-16(2)19(14-23)18-10-11-20(25-3)21(12-18)26-15-17-8-9-17/h10-12,16-17,19H,4-9,13-15H2,1-3H3. The maximum absolute atomic E-state index is 12.5. The van der Waals surface area contributed by atoms with E-state index < -0.39 is 0 Å². The monoisotopic (exact) mass is 359 g/mol. The molecule has 1 aromatic carbocycles. The summed E-state index contributed by atoms with van der Waals surface area (Å²) in [5.41, 5.74) is 1.26. The van der Waals surface area contributed by atoms with Crippen LogP contribution in [0, 0.1) is 11.8 Å². The first-order chi connectivity index (χ1) is 12.6. The van der Waals surface area contributed by atoms with Crippen LogP contribution in [0.4, 0.5) is 0 Å². The number of methoxy groups -OCH3 is 1. The Balaban J connectivity index is 1.65. The lowest BCUT2D eigenvalue weighted by Gasteiger charge is -2.18. The zero-order chi connectivity index (χ0) is 18.5. The average Bonchev–Trinajstić information content (AvgIpc) is 3.40. The van der Waals surface area contributed by atoms with E-state index in [2.05, 4.69) is 30.9 Å². The van der Waals surface area contributed by atoms with Crippen molar-refractivity contribution in [2.24, 2.45) is 11.8 Å². The molecule has 144 valence electrons. The van der Waals surface area contributed by atoms with Gasteiger partial charge in [0.15, 0.2) is 11.5 Å². The molecule has 1 saturated heterocycles. The summed E-state index contributed by atoms with van der Waals surface area (Å²) in [5, 5.41) is 0. The average molecular weight is 360 g/mol. The van der Waals surface area contributed by atoms with E-state index in [0.29, 0.717) is 30.1 Å². The highest BCUT2D eigenvalue weighted by Crippen LogP contribution is 2.38. The Morgan fingerprint density at radius 1 is 1.19 bits per heavy atom. The van der Waals surface area contributed by atoms with Gasteiger partial charge in [-0.3, -0.25) is 4.79 Å². The van der Waals surface area contributed by atoms with Crippen molar-refractivity contribution in [1.29, 1.82) is 0 Å². The Kier molecular flexibility index (Phi) is 6.44. The molecule has 0 N–H and O–H groups in total. The van der Waals surface area contributed by atoms with Crippen LogP contribution in [0.2, 0.25) is 0 Å². The summed E-state index contributed by atoms with van der Waals surface area (Å²) in [6.07, 6.45) is 6.53. The predicted octanol–water partition coefficient (Wildman–Crippen LogP) is 4.63. The smallest absolute Gasteiger partial charge is 0.222 e. The van der Waals surface area contributed by atoms with Crippen molar-refractivity contribution < 1.29 is 14.3 Å². The number of ether oxygens (including phenoxy) is 2. The van der Waals surface area contributed by atoms with E-state index in [4.69, 9.17) is 9.47 Å². The Hall–Kier alpha value is -1.71. The molecule has 2 unspecified atom stereocenters. The summed E-state index contributed by atoms with van der Waals surface area (Å²) in [7, 11) is 1.69. The fourth-order valence-corrected chi connectivity index (χ4v) is 3.82. The first kappa shape index (κ1) is 19.1. The number of benzene rings is 1. The van der Waals surface area contributed by atoms with Crippen molar-refractivity contribution in [2.75, 3.05) is 26.8 Å². The molecule has 4 heteroatoms. The molecule has 3 rings (SSSR count). The van der Waals surface area contributed by atoms with Crippen LogP contribution >= 0.6 is 0 Å². The number of carbonyl (C=O) groups is 1. The van der Waals surface area contributed by atoms with Gasteiger partial charge in [0.05, 0.1) is 13.7 Å². The highest BCUT2D eigenvalue weighted by molar-refractivity contribution is 5.76. The van der Waals surface area contributed by atoms with Crippen molar-refractivity contribution in [3.8, 4) is 11.5 Å². The molecular weight excluding hydrogens is 326 g/mol. The van der Waals surface area contributed by atoms with Gasteiger partial charge in [-0.1, -0.05) is 32.8 Å². The van der Waals surface area contributed by atoms with Gasteiger partial charge >= 0.3 is 0 Å². The summed E-state index contributed by atoms with van der Waals surface area (Å²) in [5.74, 6) is 3.51. The second kappa shape index (κ2) is 8.79. The van der Waals surface area contributed by atoms with Crippen LogP contribution in [0.25, 0.3) is 0 Å². The molecule has 0 spiro atoms. The van der Waals surface area contributed by atoms with Crippen LogP contribution in [0.5, 0.6) is 11.5 Å². The largest absolute Gasteiger partial charge is 0.493 e. The topological polar surface area (TPSA) is 38.8 Å². The molecule has 2 atom stereocenters. The number of hydrogen-bond donors (Lipinski definition) is 0. The lowest BCUT2D eigenvalue weighted by molar-refractivity contribution is -0.130. The maximum atomic E-state index is 12.5. The number of likely N-dealkylation sites (tertiary alicyclic amines) is 1. The molecule has 0 aromatic heterocycles. The number of rotatable bonds is 9. The first-order valence-corrected chi connectivity index (χ1v) is 10.2. The van der Waals surface area contributed by atoms with Crippen LogP contribution < -0.4 is 9.47 Å². The fourth-order valence-electron chi connectivity index (χ4n) is 3.82. The van der Waals surface area contributed by atoms with E-state index in [0.717, 1.165) is 50.5 Å². The highest BCUT2D eigenvalue weighted by Gasteiger charge is 2.33. The van der Waals surface area contributed by atoms with Crippen molar-refractivity contribution in [3.63, 3.8) is 0 Å². The number of hydrogen-bond acceptors (Lipinski definition) is 3. The minimum atomic E-state index is 0.312. The van der Waals surface area contributed by atoms with E-state index in [9.17, 15) is 4.79 Å². The summed E-state index contributed by atoms with van der Waals surface area (Å²) in [4.78, 5) is 14.5. The fraction of sp³-hybridized carbons (Fsp3) is 0.682. The third kappa shape index (κ3) is 4.72. The molecule has 1 aromatic rings. The molecule has 2 aliphatic rings. The normalized spacial score (nSPS) is 22.5.